The minimum atomic E-state index is -4.40. The zero-order chi connectivity index (χ0) is 18.7. The fourth-order valence-corrected chi connectivity index (χ4v) is 3.00. The topological polar surface area (TPSA) is 19.4 Å². The number of halogens is 5. The van der Waals surface area contributed by atoms with Crippen LogP contribution in [0, 0.1) is 11.6 Å². The molecule has 3 nitrogen and oxygen atoms in total. The van der Waals surface area contributed by atoms with E-state index in [4.69, 9.17) is 0 Å². The number of hydrogen-bond donors (Lipinski definition) is 0. The van der Waals surface area contributed by atoms with Crippen LogP contribution in [0.3, 0.4) is 0 Å². The molecule has 0 atom stereocenters. The fourth-order valence-electron chi connectivity index (χ4n) is 3.00. The standard InChI is InChI=1S/C18H18F5N3/c19-15-4-2-13(10-16(15)20)12-25-6-1-7-26(9-8-25)17-5-3-14(11-24-17)18(21,22)23/h2-5,10-11H,1,6-9,12H2. The third-order valence-corrected chi connectivity index (χ3v) is 4.38. The van der Waals surface area contributed by atoms with Crippen LogP contribution in [0.1, 0.15) is 17.5 Å². The van der Waals surface area contributed by atoms with Gasteiger partial charge in [0.25, 0.3) is 0 Å². The van der Waals surface area contributed by atoms with Crippen molar-refractivity contribution in [1.82, 2.24) is 9.88 Å². The quantitative estimate of drug-likeness (QED) is 0.758. The fraction of sp³-hybridized carbons (Fsp3) is 0.389. The summed E-state index contributed by atoms with van der Waals surface area (Å²) in [6.45, 7) is 3.18. The van der Waals surface area contributed by atoms with Crippen molar-refractivity contribution in [1.29, 1.82) is 0 Å². The number of aromatic nitrogens is 1. The highest BCUT2D eigenvalue weighted by atomic mass is 19.4. The Labute approximate surface area is 148 Å². The number of rotatable bonds is 3. The lowest BCUT2D eigenvalue weighted by atomic mass is 10.2. The van der Waals surface area contributed by atoms with Crippen molar-refractivity contribution >= 4 is 5.82 Å². The van der Waals surface area contributed by atoms with E-state index in [1.54, 1.807) is 6.07 Å². The second-order valence-electron chi connectivity index (χ2n) is 6.27. The van der Waals surface area contributed by atoms with E-state index in [9.17, 15) is 22.0 Å². The lowest BCUT2D eigenvalue weighted by molar-refractivity contribution is -0.137. The van der Waals surface area contributed by atoms with E-state index in [1.165, 1.54) is 12.1 Å². The van der Waals surface area contributed by atoms with Crippen LogP contribution < -0.4 is 4.90 Å². The summed E-state index contributed by atoms with van der Waals surface area (Å²) in [6.07, 6.45) is -2.75. The molecule has 1 aliphatic heterocycles. The van der Waals surface area contributed by atoms with Crippen LogP contribution in [0.4, 0.5) is 27.8 Å². The molecule has 8 heteroatoms. The number of anilines is 1. The highest BCUT2D eigenvalue weighted by molar-refractivity contribution is 5.40. The Kier molecular flexibility index (Phi) is 5.41. The predicted octanol–water partition coefficient (Wildman–Crippen LogP) is 4.09. The maximum atomic E-state index is 13.3. The highest BCUT2D eigenvalue weighted by Crippen LogP contribution is 2.29. The molecule has 1 fully saturated rings. The maximum absolute atomic E-state index is 13.3. The second kappa shape index (κ2) is 7.57. The SMILES string of the molecule is Fc1ccc(CN2CCCN(c3ccc(C(F)(F)F)cn3)CC2)cc1F. The summed E-state index contributed by atoms with van der Waals surface area (Å²) in [5.74, 6) is -1.23. The molecule has 140 valence electrons. The van der Waals surface area contributed by atoms with Crippen molar-refractivity contribution in [3.63, 3.8) is 0 Å². The van der Waals surface area contributed by atoms with Crippen molar-refractivity contribution in [2.45, 2.75) is 19.1 Å². The average Bonchev–Trinajstić information content (AvgIpc) is 2.83. The van der Waals surface area contributed by atoms with Gasteiger partial charge in [-0.3, -0.25) is 4.90 Å². The molecule has 0 N–H and O–H groups in total. The molecule has 3 rings (SSSR count). The van der Waals surface area contributed by atoms with E-state index in [0.717, 1.165) is 31.3 Å². The first-order chi connectivity index (χ1) is 12.3. The van der Waals surface area contributed by atoms with Gasteiger partial charge in [0.05, 0.1) is 5.56 Å². The molecule has 1 aromatic heterocycles. The van der Waals surface area contributed by atoms with Crippen molar-refractivity contribution in [2.75, 3.05) is 31.1 Å². The first kappa shape index (κ1) is 18.6. The largest absolute Gasteiger partial charge is 0.417 e. The van der Waals surface area contributed by atoms with Gasteiger partial charge in [-0.2, -0.15) is 13.2 Å². The molecule has 1 aromatic carbocycles. The summed E-state index contributed by atoms with van der Waals surface area (Å²) in [6, 6.07) is 6.27. The molecule has 0 bridgehead atoms. The summed E-state index contributed by atoms with van der Waals surface area (Å²) >= 11 is 0. The summed E-state index contributed by atoms with van der Waals surface area (Å²) in [5, 5.41) is 0. The normalized spacial score (nSPS) is 16.6. The van der Waals surface area contributed by atoms with E-state index < -0.39 is 23.4 Å². The van der Waals surface area contributed by atoms with Crippen LogP contribution in [0.15, 0.2) is 36.5 Å². The van der Waals surface area contributed by atoms with Gasteiger partial charge in [0.15, 0.2) is 11.6 Å². The molecule has 0 amide bonds. The van der Waals surface area contributed by atoms with E-state index in [0.29, 0.717) is 37.6 Å². The van der Waals surface area contributed by atoms with Gasteiger partial charge >= 0.3 is 6.18 Å². The Bertz CT molecular complexity index is 745. The Hall–Kier alpha value is -2.22. The van der Waals surface area contributed by atoms with Gasteiger partial charge in [-0.1, -0.05) is 6.07 Å². The lowest BCUT2D eigenvalue weighted by Crippen LogP contribution is -2.31. The average molecular weight is 371 g/mol. The second-order valence-corrected chi connectivity index (χ2v) is 6.27. The number of nitrogens with zero attached hydrogens (tertiary/aromatic N) is 3. The molecular formula is C18H18F5N3. The summed E-state index contributed by atoms with van der Waals surface area (Å²) in [5.41, 5.74) is -0.0824. The van der Waals surface area contributed by atoms with Gasteiger partial charge in [-0.25, -0.2) is 13.8 Å². The Morgan fingerprint density at radius 1 is 0.923 bits per heavy atom. The van der Waals surface area contributed by atoms with E-state index >= 15 is 0 Å². The number of pyridine rings is 1. The third-order valence-electron chi connectivity index (χ3n) is 4.38. The number of alkyl halides is 3. The smallest absolute Gasteiger partial charge is 0.355 e. The highest BCUT2D eigenvalue weighted by Gasteiger charge is 2.31. The molecule has 0 aliphatic carbocycles. The maximum Gasteiger partial charge on any atom is 0.417 e. The first-order valence-corrected chi connectivity index (χ1v) is 8.27. The number of benzene rings is 1. The minimum absolute atomic E-state index is 0.492. The molecule has 0 spiro atoms. The molecular weight excluding hydrogens is 353 g/mol. The van der Waals surface area contributed by atoms with Crippen molar-refractivity contribution in [3.05, 3.63) is 59.3 Å². The van der Waals surface area contributed by atoms with Gasteiger partial charge in [0, 0.05) is 38.9 Å². The molecule has 2 heterocycles. The van der Waals surface area contributed by atoms with Crippen LogP contribution in [-0.2, 0) is 12.7 Å². The van der Waals surface area contributed by atoms with Crippen LogP contribution >= 0.6 is 0 Å². The van der Waals surface area contributed by atoms with Crippen LogP contribution in [0.5, 0.6) is 0 Å². The van der Waals surface area contributed by atoms with Gasteiger partial charge in [-0.05, 0) is 36.2 Å². The van der Waals surface area contributed by atoms with Crippen LogP contribution in [0.25, 0.3) is 0 Å². The van der Waals surface area contributed by atoms with E-state index in [2.05, 4.69) is 9.88 Å². The predicted molar refractivity (Wildman–Crippen MR) is 87.7 cm³/mol. The van der Waals surface area contributed by atoms with E-state index in [-0.39, 0.29) is 0 Å². The van der Waals surface area contributed by atoms with E-state index in [1.807, 2.05) is 4.90 Å². The van der Waals surface area contributed by atoms with Crippen molar-refractivity contribution < 1.29 is 22.0 Å². The van der Waals surface area contributed by atoms with Crippen molar-refractivity contribution in [2.24, 2.45) is 0 Å². The Balaban J connectivity index is 1.61. The van der Waals surface area contributed by atoms with Gasteiger partial charge in [0.2, 0.25) is 0 Å². The molecule has 0 saturated carbocycles. The van der Waals surface area contributed by atoms with Gasteiger partial charge in [0.1, 0.15) is 5.82 Å². The molecule has 2 aromatic rings. The van der Waals surface area contributed by atoms with Gasteiger partial charge in [-0.15, -0.1) is 0 Å². The molecule has 0 unspecified atom stereocenters. The van der Waals surface area contributed by atoms with Crippen LogP contribution in [-0.4, -0.2) is 36.1 Å². The zero-order valence-corrected chi connectivity index (χ0v) is 13.9. The van der Waals surface area contributed by atoms with Crippen molar-refractivity contribution in [3.8, 4) is 0 Å². The summed E-state index contributed by atoms with van der Waals surface area (Å²) in [7, 11) is 0. The summed E-state index contributed by atoms with van der Waals surface area (Å²) in [4.78, 5) is 7.98. The Morgan fingerprint density at radius 3 is 2.38 bits per heavy atom. The van der Waals surface area contributed by atoms with Crippen LogP contribution in [0.2, 0.25) is 0 Å². The monoisotopic (exact) mass is 371 g/mol. The molecule has 1 saturated heterocycles. The molecule has 0 radical (unpaired) electrons. The molecule has 26 heavy (non-hydrogen) atoms. The zero-order valence-electron chi connectivity index (χ0n) is 13.9. The lowest BCUT2D eigenvalue weighted by Gasteiger charge is -2.23. The summed E-state index contributed by atoms with van der Waals surface area (Å²) < 4.78 is 64.2. The third kappa shape index (κ3) is 4.49. The Morgan fingerprint density at radius 2 is 1.73 bits per heavy atom. The minimum Gasteiger partial charge on any atom is -0.355 e. The first-order valence-electron chi connectivity index (χ1n) is 8.27. The molecule has 1 aliphatic rings. The van der Waals surface area contributed by atoms with Gasteiger partial charge < -0.3 is 4.90 Å². The number of hydrogen-bond acceptors (Lipinski definition) is 3.